The highest BCUT2D eigenvalue weighted by molar-refractivity contribution is 5.85. The maximum Gasteiger partial charge on any atom is 0.0107 e. The summed E-state index contributed by atoms with van der Waals surface area (Å²) in [6.07, 6.45) is 0. The van der Waals surface area contributed by atoms with E-state index < -0.39 is 0 Å². The molecule has 0 spiro atoms. The zero-order valence-electron chi connectivity index (χ0n) is 7.88. The Morgan fingerprint density at radius 1 is 1.17 bits per heavy atom. The van der Waals surface area contributed by atoms with Crippen molar-refractivity contribution in [3.63, 3.8) is 0 Å². The summed E-state index contributed by atoms with van der Waals surface area (Å²) in [4.78, 5) is 2.53. The molecule has 2 nitrogen and oxygen atoms in total. The van der Waals surface area contributed by atoms with Gasteiger partial charge in [0.15, 0.2) is 0 Å². The second-order valence-corrected chi connectivity index (χ2v) is 3.44. The number of nitrogens with zero attached hydrogens (tertiary/aromatic N) is 1. The third-order valence-electron chi connectivity index (χ3n) is 1.83. The van der Waals surface area contributed by atoms with Crippen molar-refractivity contribution in [1.82, 2.24) is 10.2 Å². The van der Waals surface area contributed by atoms with E-state index in [0.29, 0.717) is 0 Å². The molecule has 76 valence electrons. The highest BCUT2D eigenvalue weighted by Crippen LogP contribution is 1.98. The fourth-order valence-electron chi connectivity index (χ4n) is 1.41. The number of halogens is 2. The molecule has 0 aliphatic carbocycles. The summed E-state index contributed by atoms with van der Waals surface area (Å²) in [7, 11) is 0. The van der Waals surface area contributed by atoms with Crippen LogP contribution in [0.15, 0.2) is 0 Å². The Kier molecular flexibility index (Phi) is 10.1. The van der Waals surface area contributed by atoms with Crippen LogP contribution in [0.1, 0.15) is 13.8 Å². The minimum Gasteiger partial charge on any atom is -0.314 e. The second kappa shape index (κ2) is 8.11. The van der Waals surface area contributed by atoms with Crippen LogP contribution in [-0.4, -0.2) is 37.6 Å². The van der Waals surface area contributed by atoms with E-state index in [4.69, 9.17) is 0 Å². The Morgan fingerprint density at radius 3 is 2.08 bits per heavy atom. The molecule has 1 aliphatic heterocycles. The molecule has 0 unspecified atom stereocenters. The lowest BCUT2D eigenvalue weighted by Gasteiger charge is -2.28. The van der Waals surface area contributed by atoms with Crippen LogP contribution in [0.3, 0.4) is 0 Å². The molecule has 0 atom stereocenters. The van der Waals surface area contributed by atoms with E-state index in [9.17, 15) is 0 Å². The Balaban J connectivity index is 0. The van der Waals surface area contributed by atoms with Gasteiger partial charge in [-0.05, 0) is 5.92 Å². The van der Waals surface area contributed by atoms with Gasteiger partial charge < -0.3 is 10.2 Å². The highest BCUT2D eigenvalue weighted by atomic mass is 35.5. The molecular weight excluding hydrogens is 195 g/mol. The van der Waals surface area contributed by atoms with Gasteiger partial charge in [-0.25, -0.2) is 0 Å². The van der Waals surface area contributed by atoms with Gasteiger partial charge in [-0.15, -0.1) is 24.8 Å². The first-order valence-corrected chi connectivity index (χ1v) is 4.22. The van der Waals surface area contributed by atoms with Crippen molar-refractivity contribution in [3.8, 4) is 0 Å². The Labute approximate surface area is 87.9 Å². The number of hydrogen-bond acceptors (Lipinski definition) is 2. The van der Waals surface area contributed by atoms with Crippen molar-refractivity contribution in [1.29, 1.82) is 0 Å². The normalized spacial score (nSPS) is 18.2. The largest absolute Gasteiger partial charge is 0.314 e. The molecule has 0 aromatic carbocycles. The summed E-state index contributed by atoms with van der Waals surface area (Å²) >= 11 is 0. The quantitative estimate of drug-likeness (QED) is 0.748. The van der Waals surface area contributed by atoms with Crippen molar-refractivity contribution in [2.24, 2.45) is 5.92 Å². The van der Waals surface area contributed by atoms with Crippen molar-refractivity contribution in [2.45, 2.75) is 13.8 Å². The minimum absolute atomic E-state index is 0. The van der Waals surface area contributed by atoms with E-state index in [2.05, 4.69) is 24.1 Å². The summed E-state index contributed by atoms with van der Waals surface area (Å²) in [5, 5.41) is 3.35. The summed E-state index contributed by atoms with van der Waals surface area (Å²) in [5.74, 6) is 0.818. The van der Waals surface area contributed by atoms with E-state index in [1.54, 1.807) is 0 Å². The average Bonchev–Trinajstić information content (AvgIpc) is 1.88. The molecule has 0 bridgehead atoms. The maximum atomic E-state index is 3.35. The van der Waals surface area contributed by atoms with Gasteiger partial charge in [-0.3, -0.25) is 0 Å². The smallest absolute Gasteiger partial charge is 0.0107 e. The zero-order valence-corrected chi connectivity index (χ0v) is 9.51. The van der Waals surface area contributed by atoms with E-state index in [-0.39, 0.29) is 24.8 Å². The first kappa shape index (κ1) is 15.0. The Bertz CT molecular complexity index is 93.1. The standard InChI is InChI=1S/C8H18N2.2ClH/c1-8(2)7-10-5-3-9-4-6-10;;/h8-9H,3-7H2,1-2H3;2*1H. The van der Waals surface area contributed by atoms with E-state index >= 15 is 0 Å². The molecule has 4 heteroatoms. The number of nitrogens with one attached hydrogen (secondary N) is 1. The molecule has 1 N–H and O–H groups in total. The van der Waals surface area contributed by atoms with Crippen LogP contribution in [0.4, 0.5) is 0 Å². The molecule has 12 heavy (non-hydrogen) atoms. The van der Waals surface area contributed by atoms with Crippen LogP contribution in [0.2, 0.25) is 0 Å². The SMILES string of the molecule is CC(C)CN1CCNCC1.Cl.Cl. The maximum absolute atomic E-state index is 3.35. The van der Waals surface area contributed by atoms with Gasteiger partial charge in [-0.2, -0.15) is 0 Å². The van der Waals surface area contributed by atoms with Gasteiger partial charge in [0.25, 0.3) is 0 Å². The van der Waals surface area contributed by atoms with Gasteiger partial charge in [-0.1, -0.05) is 13.8 Å². The van der Waals surface area contributed by atoms with Crippen LogP contribution in [0.5, 0.6) is 0 Å². The van der Waals surface area contributed by atoms with Crippen LogP contribution in [0, 0.1) is 5.92 Å². The molecular formula is C8H20Cl2N2. The van der Waals surface area contributed by atoms with Crippen molar-refractivity contribution in [2.75, 3.05) is 32.7 Å². The molecule has 0 amide bonds. The minimum atomic E-state index is 0. The predicted octanol–water partition coefficient (Wildman–Crippen LogP) is 1.39. The Hall–Kier alpha value is 0.500. The molecule has 0 saturated carbocycles. The van der Waals surface area contributed by atoms with Gasteiger partial charge >= 0.3 is 0 Å². The molecule has 0 aromatic heterocycles. The van der Waals surface area contributed by atoms with Crippen LogP contribution >= 0.6 is 24.8 Å². The molecule has 1 saturated heterocycles. The lowest BCUT2D eigenvalue weighted by molar-refractivity contribution is 0.217. The van der Waals surface area contributed by atoms with Gasteiger partial charge in [0, 0.05) is 32.7 Å². The molecule has 1 rings (SSSR count). The molecule has 1 aliphatic rings. The fourth-order valence-corrected chi connectivity index (χ4v) is 1.41. The number of hydrogen-bond donors (Lipinski definition) is 1. The Morgan fingerprint density at radius 2 is 1.67 bits per heavy atom. The van der Waals surface area contributed by atoms with Gasteiger partial charge in [0.05, 0.1) is 0 Å². The van der Waals surface area contributed by atoms with E-state index in [1.165, 1.54) is 32.7 Å². The third-order valence-corrected chi connectivity index (χ3v) is 1.83. The fraction of sp³-hybridized carbons (Fsp3) is 1.00. The monoisotopic (exact) mass is 214 g/mol. The second-order valence-electron chi connectivity index (χ2n) is 3.44. The van der Waals surface area contributed by atoms with Gasteiger partial charge in [0.1, 0.15) is 0 Å². The van der Waals surface area contributed by atoms with Crippen molar-refractivity contribution < 1.29 is 0 Å². The topological polar surface area (TPSA) is 15.3 Å². The molecule has 0 radical (unpaired) electrons. The lowest BCUT2D eigenvalue weighted by atomic mass is 10.2. The van der Waals surface area contributed by atoms with Crippen LogP contribution < -0.4 is 5.32 Å². The molecule has 0 aromatic rings. The zero-order chi connectivity index (χ0) is 7.40. The summed E-state index contributed by atoms with van der Waals surface area (Å²) in [5.41, 5.74) is 0. The van der Waals surface area contributed by atoms with Crippen molar-refractivity contribution >= 4 is 24.8 Å². The van der Waals surface area contributed by atoms with Crippen LogP contribution in [0.25, 0.3) is 0 Å². The van der Waals surface area contributed by atoms with E-state index in [0.717, 1.165) is 5.92 Å². The first-order chi connectivity index (χ1) is 4.79. The third kappa shape index (κ3) is 6.06. The summed E-state index contributed by atoms with van der Waals surface area (Å²) in [6, 6.07) is 0. The van der Waals surface area contributed by atoms with Gasteiger partial charge in [0.2, 0.25) is 0 Å². The van der Waals surface area contributed by atoms with Crippen LogP contribution in [-0.2, 0) is 0 Å². The molecule has 1 fully saturated rings. The predicted molar refractivity (Wildman–Crippen MR) is 58.6 cm³/mol. The summed E-state index contributed by atoms with van der Waals surface area (Å²) < 4.78 is 0. The summed E-state index contributed by atoms with van der Waals surface area (Å²) in [6.45, 7) is 10.6. The highest BCUT2D eigenvalue weighted by Gasteiger charge is 2.09. The van der Waals surface area contributed by atoms with Crippen molar-refractivity contribution in [3.05, 3.63) is 0 Å². The first-order valence-electron chi connectivity index (χ1n) is 4.22. The lowest BCUT2D eigenvalue weighted by Crippen LogP contribution is -2.44. The van der Waals surface area contributed by atoms with E-state index in [1.807, 2.05) is 0 Å². The molecule has 1 heterocycles. The number of rotatable bonds is 2. The average molecular weight is 215 g/mol. The number of piperazine rings is 1.